The van der Waals surface area contributed by atoms with Crippen LogP contribution in [0.2, 0.25) is 5.02 Å². The number of fused-ring (bicyclic) bond motifs is 2. The molecule has 2 unspecified atom stereocenters. The molecule has 0 amide bonds. The van der Waals surface area contributed by atoms with E-state index in [1.165, 1.54) is 11.3 Å². The van der Waals surface area contributed by atoms with Gasteiger partial charge in [-0.05, 0) is 24.6 Å². The van der Waals surface area contributed by atoms with Crippen molar-refractivity contribution in [3.05, 3.63) is 28.8 Å². The second-order valence-corrected chi connectivity index (χ2v) is 5.73. The largest absolute Gasteiger partial charge is 0.370 e. The lowest BCUT2D eigenvalue weighted by Gasteiger charge is -2.42. The number of halogens is 1. The number of hydrogen-bond acceptors (Lipinski definition) is 3. The molecule has 2 bridgehead atoms. The number of aryl methyl sites for hydroxylation is 1. The lowest BCUT2D eigenvalue weighted by atomic mass is 9.84. The van der Waals surface area contributed by atoms with Gasteiger partial charge in [-0.2, -0.15) is 0 Å². The van der Waals surface area contributed by atoms with Crippen molar-refractivity contribution in [2.24, 2.45) is 11.8 Å². The third kappa shape index (κ3) is 2.02. The third-order valence-corrected chi connectivity index (χ3v) is 4.21. The summed E-state index contributed by atoms with van der Waals surface area (Å²) in [5, 5.41) is 4.10. The van der Waals surface area contributed by atoms with Crippen molar-refractivity contribution in [3.8, 4) is 0 Å². The van der Waals surface area contributed by atoms with Crippen LogP contribution >= 0.6 is 11.6 Å². The zero-order chi connectivity index (χ0) is 12.7. The molecule has 3 rings (SSSR count). The molecule has 2 saturated heterocycles. The fourth-order valence-corrected chi connectivity index (χ4v) is 3.17. The van der Waals surface area contributed by atoms with E-state index in [4.69, 9.17) is 11.6 Å². The highest BCUT2D eigenvalue weighted by molar-refractivity contribution is 6.30. The molecule has 0 aliphatic carbocycles. The maximum Gasteiger partial charge on any atom is 0.145 e. The molecule has 1 aromatic rings. The first kappa shape index (κ1) is 12.0. The van der Waals surface area contributed by atoms with Crippen molar-refractivity contribution in [3.63, 3.8) is 0 Å². The Kier molecular flexibility index (Phi) is 3.04. The molecule has 1 aromatic carbocycles. The second-order valence-electron chi connectivity index (χ2n) is 5.29. The van der Waals surface area contributed by atoms with Gasteiger partial charge in [-0.15, -0.1) is 0 Å². The topological polar surface area (TPSA) is 32.3 Å². The van der Waals surface area contributed by atoms with Crippen molar-refractivity contribution < 1.29 is 4.79 Å². The molecule has 3 nitrogen and oxygen atoms in total. The predicted octanol–water partition coefficient (Wildman–Crippen LogP) is 1.87. The van der Waals surface area contributed by atoms with Crippen LogP contribution in [0.25, 0.3) is 0 Å². The molecule has 4 heteroatoms. The van der Waals surface area contributed by atoms with E-state index >= 15 is 0 Å². The molecule has 0 radical (unpaired) electrons. The Hall–Kier alpha value is -1.06. The molecule has 0 spiro atoms. The van der Waals surface area contributed by atoms with Gasteiger partial charge >= 0.3 is 0 Å². The van der Waals surface area contributed by atoms with Gasteiger partial charge in [-0.25, -0.2) is 0 Å². The van der Waals surface area contributed by atoms with Crippen molar-refractivity contribution in [2.75, 3.05) is 31.1 Å². The van der Waals surface area contributed by atoms with Gasteiger partial charge in [0.05, 0.1) is 0 Å². The molecule has 2 aliphatic heterocycles. The number of benzene rings is 1. The Morgan fingerprint density at radius 3 is 2.61 bits per heavy atom. The maximum atomic E-state index is 12.0. The van der Waals surface area contributed by atoms with E-state index in [1.54, 1.807) is 0 Å². The molecule has 2 fully saturated rings. The summed E-state index contributed by atoms with van der Waals surface area (Å²) in [4.78, 5) is 14.4. The molecule has 0 saturated carbocycles. The summed E-state index contributed by atoms with van der Waals surface area (Å²) >= 11 is 6.08. The lowest BCUT2D eigenvalue weighted by Crippen LogP contribution is -2.57. The highest BCUT2D eigenvalue weighted by Gasteiger charge is 2.38. The van der Waals surface area contributed by atoms with Crippen LogP contribution in [-0.2, 0) is 4.79 Å². The first-order valence-corrected chi connectivity index (χ1v) is 6.78. The van der Waals surface area contributed by atoms with E-state index in [9.17, 15) is 4.79 Å². The fourth-order valence-electron chi connectivity index (χ4n) is 3.00. The minimum atomic E-state index is 0.135. The van der Waals surface area contributed by atoms with Crippen LogP contribution in [0.4, 0.5) is 5.69 Å². The van der Waals surface area contributed by atoms with Crippen molar-refractivity contribution >= 4 is 23.1 Å². The Morgan fingerprint density at radius 2 is 1.94 bits per heavy atom. The van der Waals surface area contributed by atoms with E-state index in [0.717, 1.165) is 31.2 Å². The standard InChI is InChI=1S/C14H17ClN2O/c1-9-2-3-12(15)4-13(9)17-7-10-5-16-6-11(8-17)14(10)18/h2-4,10-11,16H,5-8H2,1H3. The minimum absolute atomic E-state index is 0.135. The van der Waals surface area contributed by atoms with Gasteiger partial charge in [0.25, 0.3) is 0 Å². The Morgan fingerprint density at radius 1 is 1.28 bits per heavy atom. The number of carbonyl (C=O) groups excluding carboxylic acids is 1. The molecular formula is C14H17ClN2O. The fraction of sp³-hybridized carbons (Fsp3) is 0.500. The second kappa shape index (κ2) is 4.56. The molecule has 2 aliphatic rings. The van der Waals surface area contributed by atoms with E-state index in [1.807, 2.05) is 18.2 Å². The van der Waals surface area contributed by atoms with Crippen LogP contribution in [0, 0.1) is 18.8 Å². The number of anilines is 1. The van der Waals surface area contributed by atoms with Gasteiger partial charge < -0.3 is 10.2 Å². The Bertz CT molecular complexity index is 473. The number of nitrogens with zero attached hydrogens (tertiary/aromatic N) is 1. The van der Waals surface area contributed by atoms with E-state index in [0.29, 0.717) is 5.78 Å². The van der Waals surface area contributed by atoms with E-state index in [-0.39, 0.29) is 11.8 Å². The monoisotopic (exact) mass is 264 g/mol. The number of ketones is 1. The quantitative estimate of drug-likeness (QED) is 0.841. The van der Waals surface area contributed by atoms with Crippen LogP contribution in [0.3, 0.4) is 0 Å². The number of hydrogen-bond donors (Lipinski definition) is 1. The van der Waals surface area contributed by atoms with Gasteiger partial charge in [0.15, 0.2) is 0 Å². The first-order chi connectivity index (χ1) is 8.65. The molecule has 18 heavy (non-hydrogen) atoms. The van der Waals surface area contributed by atoms with Crippen molar-refractivity contribution in [1.29, 1.82) is 0 Å². The number of carbonyl (C=O) groups is 1. The van der Waals surface area contributed by atoms with E-state index < -0.39 is 0 Å². The summed E-state index contributed by atoms with van der Waals surface area (Å²) in [5.41, 5.74) is 2.40. The van der Waals surface area contributed by atoms with Crippen molar-refractivity contribution in [1.82, 2.24) is 5.32 Å². The SMILES string of the molecule is Cc1ccc(Cl)cc1N1CC2CNCC(C1)C2=O. The molecule has 2 heterocycles. The molecule has 1 N–H and O–H groups in total. The zero-order valence-corrected chi connectivity index (χ0v) is 11.2. The maximum absolute atomic E-state index is 12.0. The summed E-state index contributed by atoms with van der Waals surface area (Å²) in [6.07, 6.45) is 0. The summed E-state index contributed by atoms with van der Waals surface area (Å²) < 4.78 is 0. The van der Waals surface area contributed by atoms with E-state index in [2.05, 4.69) is 17.1 Å². The van der Waals surface area contributed by atoms with Crippen LogP contribution in [-0.4, -0.2) is 32.0 Å². The summed E-state index contributed by atoms with van der Waals surface area (Å²) in [6, 6.07) is 5.97. The summed E-state index contributed by atoms with van der Waals surface area (Å²) in [6.45, 7) is 5.33. The van der Waals surface area contributed by atoms with Gasteiger partial charge in [0.1, 0.15) is 5.78 Å². The number of piperidine rings is 2. The van der Waals surface area contributed by atoms with Crippen molar-refractivity contribution in [2.45, 2.75) is 6.92 Å². The van der Waals surface area contributed by atoms with Crippen LogP contribution in [0.1, 0.15) is 5.56 Å². The van der Waals surface area contributed by atoms with Gasteiger partial charge in [-0.3, -0.25) is 4.79 Å². The summed E-state index contributed by atoms with van der Waals surface area (Å²) in [7, 11) is 0. The number of rotatable bonds is 1. The zero-order valence-electron chi connectivity index (χ0n) is 10.4. The number of Topliss-reactive ketones (excluding diaryl/α,β-unsaturated/α-hetero) is 1. The average molecular weight is 265 g/mol. The molecule has 0 aromatic heterocycles. The molecule has 2 atom stereocenters. The van der Waals surface area contributed by atoms with Crippen LogP contribution in [0.5, 0.6) is 0 Å². The highest BCUT2D eigenvalue weighted by atomic mass is 35.5. The molecule has 96 valence electrons. The van der Waals surface area contributed by atoms with Gasteiger partial charge in [-0.1, -0.05) is 17.7 Å². The smallest absolute Gasteiger partial charge is 0.145 e. The Balaban J connectivity index is 1.89. The van der Waals surface area contributed by atoms with Crippen LogP contribution < -0.4 is 10.2 Å². The Labute approximate surface area is 112 Å². The number of nitrogens with one attached hydrogen (secondary N) is 1. The van der Waals surface area contributed by atoms with Gasteiger partial charge in [0.2, 0.25) is 0 Å². The molecular weight excluding hydrogens is 248 g/mol. The average Bonchev–Trinajstić information content (AvgIpc) is 2.32. The highest BCUT2D eigenvalue weighted by Crippen LogP contribution is 2.30. The third-order valence-electron chi connectivity index (χ3n) is 3.98. The first-order valence-electron chi connectivity index (χ1n) is 6.40. The minimum Gasteiger partial charge on any atom is -0.370 e. The van der Waals surface area contributed by atoms with Gasteiger partial charge in [0, 0.05) is 48.7 Å². The normalized spacial score (nSPS) is 27.4. The predicted molar refractivity (Wildman–Crippen MR) is 73.3 cm³/mol. The summed E-state index contributed by atoms with van der Waals surface area (Å²) in [5.74, 6) is 0.705. The lowest BCUT2D eigenvalue weighted by molar-refractivity contribution is -0.129. The van der Waals surface area contributed by atoms with Crippen LogP contribution in [0.15, 0.2) is 18.2 Å².